The van der Waals surface area contributed by atoms with Crippen LogP contribution in [-0.2, 0) is 0 Å². The molecule has 0 aliphatic rings. The summed E-state index contributed by atoms with van der Waals surface area (Å²) in [5.74, 6) is 1.33. The van der Waals surface area contributed by atoms with Crippen molar-refractivity contribution in [3.05, 3.63) is 11.8 Å². The molecule has 1 rings (SSSR count). The molecule has 1 atom stereocenters. The first kappa shape index (κ1) is 14.7. The lowest BCUT2D eigenvalue weighted by Crippen LogP contribution is -2.17. The fourth-order valence-corrected chi connectivity index (χ4v) is 1.69. The number of hydrogen-bond donors (Lipinski definition) is 1. The quantitative estimate of drug-likeness (QED) is 0.767. The van der Waals surface area contributed by atoms with Gasteiger partial charge in [-0.05, 0) is 26.7 Å². The lowest BCUT2D eigenvalue weighted by atomic mass is 10.1. The van der Waals surface area contributed by atoms with Gasteiger partial charge in [-0.1, -0.05) is 26.7 Å². The number of nitrogens with one attached hydrogen (secondary N) is 1. The Hall–Kier alpha value is -1.32. The van der Waals surface area contributed by atoms with Crippen LogP contribution in [0.2, 0.25) is 0 Å². The van der Waals surface area contributed by atoms with Gasteiger partial charge in [0.15, 0.2) is 0 Å². The summed E-state index contributed by atoms with van der Waals surface area (Å²) in [7, 11) is 0. The molecule has 0 radical (unpaired) electrons. The largest absolute Gasteiger partial charge is 0.478 e. The zero-order valence-corrected chi connectivity index (χ0v) is 12.0. The standard InChI is InChI=1S/C14H25N3O/c1-5-7-8-11(3)15-14-16-12(4)10-13(17-14)18-9-6-2/h10-11H,5-9H2,1-4H3,(H,15,16,17). The Morgan fingerprint density at radius 2 is 2.06 bits per heavy atom. The summed E-state index contributed by atoms with van der Waals surface area (Å²) in [6.45, 7) is 9.10. The number of anilines is 1. The summed E-state index contributed by atoms with van der Waals surface area (Å²) in [6, 6.07) is 2.27. The fourth-order valence-electron chi connectivity index (χ4n) is 1.69. The van der Waals surface area contributed by atoms with Crippen LogP contribution in [0.15, 0.2) is 6.07 Å². The molecular formula is C14H25N3O. The lowest BCUT2D eigenvalue weighted by molar-refractivity contribution is 0.305. The van der Waals surface area contributed by atoms with Gasteiger partial charge < -0.3 is 10.1 Å². The number of aryl methyl sites for hydroxylation is 1. The highest BCUT2D eigenvalue weighted by Crippen LogP contribution is 2.14. The second-order valence-electron chi connectivity index (χ2n) is 4.71. The van der Waals surface area contributed by atoms with Crippen LogP contribution in [0.3, 0.4) is 0 Å². The summed E-state index contributed by atoms with van der Waals surface area (Å²) in [4.78, 5) is 8.76. The molecule has 1 aromatic rings. The zero-order chi connectivity index (χ0) is 13.4. The van der Waals surface area contributed by atoms with Crippen molar-refractivity contribution in [3.8, 4) is 5.88 Å². The Morgan fingerprint density at radius 3 is 2.72 bits per heavy atom. The van der Waals surface area contributed by atoms with Gasteiger partial charge in [0.2, 0.25) is 11.8 Å². The molecule has 0 fully saturated rings. The molecule has 0 aliphatic carbocycles. The fraction of sp³-hybridized carbons (Fsp3) is 0.714. The molecule has 102 valence electrons. The van der Waals surface area contributed by atoms with Crippen LogP contribution in [-0.4, -0.2) is 22.6 Å². The predicted octanol–water partition coefficient (Wildman–Crippen LogP) is 3.56. The monoisotopic (exact) mass is 251 g/mol. The smallest absolute Gasteiger partial charge is 0.226 e. The summed E-state index contributed by atoms with van der Waals surface area (Å²) in [5.41, 5.74) is 0.932. The van der Waals surface area contributed by atoms with Crippen molar-refractivity contribution in [2.24, 2.45) is 0 Å². The van der Waals surface area contributed by atoms with Gasteiger partial charge in [0.1, 0.15) is 0 Å². The highest BCUT2D eigenvalue weighted by Gasteiger charge is 2.06. The molecule has 1 aromatic heterocycles. The van der Waals surface area contributed by atoms with Crippen LogP contribution in [0.5, 0.6) is 5.88 Å². The van der Waals surface area contributed by atoms with Gasteiger partial charge in [0.25, 0.3) is 0 Å². The van der Waals surface area contributed by atoms with Gasteiger partial charge in [-0.2, -0.15) is 4.98 Å². The van der Waals surface area contributed by atoms with Gasteiger partial charge in [-0.3, -0.25) is 0 Å². The highest BCUT2D eigenvalue weighted by molar-refractivity contribution is 5.31. The molecular weight excluding hydrogens is 226 g/mol. The minimum absolute atomic E-state index is 0.394. The van der Waals surface area contributed by atoms with Crippen LogP contribution in [0.25, 0.3) is 0 Å². The predicted molar refractivity (Wildman–Crippen MR) is 75.2 cm³/mol. The molecule has 1 N–H and O–H groups in total. The minimum Gasteiger partial charge on any atom is -0.478 e. The molecule has 4 nitrogen and oxygen atoms in total. The van der Waals surface area contributed by atoms with Crippen molar-refractivity contribution in [1.29, 1.82) is 0 Å². The van der Waals surface area contributed by atoms with E-state index in [1.807, 2.05) is 13.0 Å². The Balaban J connectivity index is 2.61. The summed E-state index contributed by atoms with van der Waals surface area (Å²) in [5, 5.41) is 3.33. The summed E-state index contributed by atoms with van der Waals surface area (Å²) >= 11 is 0. The molecule has 0 saturated carbocycles. The number of hydrogen-bond acceptors (Lipinski definition) is 4. The van der Waals surface area contributed by atoms with E-state index in [-0.39, 0.29) is 0 Å². The van der Waals surface area contributed by atoms with Gasteiger partial charge in [-0.25, -0.2) is 4.98 Å². The van der Waals surface area contributed by atoms with E-state index >= 15 is 0 Å². The summed E-state index contributed by atoms with van der Waals surface area (Å²) in [6.07, 6.45) is 4.56. The van der Waals surface area contributed by atoms with E-state index < -0.39 is 0 Å². The third-order valence-corrected chi connectivity index (χ3v) is 2.65. The SMILES string of the molecule is CCCCC(C)Nc1nc(C)cc(OCCC)n1. The molecule has 4 heteroatoms. The van der Waals surface area contributed by atoms with Crippen LogP contribution in [0, 0.1) is 6.92 Å². The summed E-state index contributed by atoms with van der Waals surface area (Å²) < 4.78 is 5.55. The highest BCUT2D eigenvalue weighted by atomic mass is 16.5. The molecule has 1 heterocycles. The van der Waals surface area contributed by atoms with E-state index in [1.54, 1.807) is 0 Å². The number of unbranched alkanes of at least 4 members (excludes halogenated alkanes) is 1. The Bertz CT molecular complexity index is 355. The molecule has 0 aromatic carbocycles. The average molecular weight is 251 g/mol. The maximum atomic E-state index is 5.55. The van der Waals surface area contributed by atoms with E-state index in [0.717, 1.165) is 18.5 Å². The molecule has 0 amide bonds. The second kappa shape index (κ2) is 7.90. The van der Waals surface area contributed by atoms with Crippen molar-refractivity contribution < 1.29 is 4.74 Å². The van der Waals surface area contributed by atoms with Gasteiger partial charge in [0.05, 0.1) is 6.61 Å². The topological polar surface area (TPSA) is 47.0 Å². The Morgan fingerprint density at radius 1 is 1.28 bits per heavy atom. The number of nitrogens with zero attached hydrogens (tertiary/aromatic N) is 2. The first-order chi connectivity index (χ1) is 8.65. The van der Waals surface area contributed by atoms with E-state index in [1.165, 1.54) is 12.8 Å². The molecule has 0 bridgehead atoms. The van der Waals surface area contributed by atoms with Crippen molar-refractivity contribution >= 4 is 5.95 Å². The van der Waals surface area contributed by atoms with Crippen molar-refractivity contribution in [1.82, 2.24) is 9.97 Å². The lowest BCUT2D eigenvalue weighted by Gasteiger charge is -2.14. The molecule has 0 aliphatic heterocycles. The average Bonchev–Trinajstić information content (AvgIpc) is 2.33. The number of ether oxygens (including phenoxy) is 1. The van der Waals surface area contributed by atoms with E-state index in [2.05, 4.69) is 36.1 Å². The van der Waals surface area contributed by atoms with Crippen LogP contribution < -0.4 is 10.1 Å². The third kappa shape index (κ3) is 5.34. The molecule has 18 heavy (non-hydrogen) atoms. The first-order valence-corrected chi connectivity index (χ1v) is 6.90. The maximum absolute atomic E-state index is 5.55. The Kier molecular flexibility index (Phi) is 6.47. The number of aromatic nitrogens is 2. The van der Waals surface area contributed by atoms with Crippen LogP contribution in [0.1, 0.15) is 52.1 Å². The zero-order valence-electron chi connectivity index (χ0n) is 12.0. The number of rotatable bonds is 8. The van der Waals surface area contributed by atoms with Crippen molar-refractivity contribution in [2.45, 2.75) is 59.4 Å². The van der Waals surface area contributed by atoms with Crippen molar-refractivity contribution in [3.63, 3.8) is 0 Å². The van der Waals surface area contributed by atoms with Crippen LogP contribution in [0.4, 0.5) is 5.95 Å². The molecule has 0 spiro atoms. The van der Waals surface area contributed by atoms with E-state index in [0.29, 0.717) is 24.5 Å². The third-order valence-electron chi connectivity index (χ3n) is 2.65. The van der Waals surface area contributed by atoms with E-state index in [9.17, 15) is 0 Å². The van der Waals surface area contributed by atoms with Gasteiger partial charge in [0, 0.05) is 17.8 Å². The van der Waals surface area contributed by atoms with Crippen molar-refractivity contribution in [2.75, 3.05) is 11.9 Å². The van der Waals surface area contributed by atoms with Crippen LogP contribution >= 0.6 is 0 Å². The second-order valence-corrected chi connectivity index (χ2v) is 4.71. The minimum atomic E-state index is 0.394. The van der Waals surface area contributed by atoms with Gasteiger partial charge >= 0.3 is 0 Å². The normalized spacial score (nSPS) is 12.2. The first-order valence-electron chi connectivity index (χ1n) is 6.90. The van der Waals surface area contributed by atoms with Gasteiger partial charge in [-0.15, -0.1) is 0 Å². The molecule has 1 unspecified atom stereocenters. The maximum Gasteiger partial charge on any atom is 0.226 e. The van der Waals surface area contributed by atoms with E-state index in [4.69, 9.17) is 4.74 Å². The Labute approximate surface area is 110 Å². The molecule has 0 saturated heterocycles.